The van der Waals surface area contributed by atoms with Crippen LogP contribution >= 0.6 is 0 Å². The van der Waals surface area contributed by atoms with Crippen molar-refractivity contribution >= 4 is 5.97 Å². The lowest BCUT2D eigenvalue weighted by atomic mass is 10.4. The fourth-order valence-corrected chi connectivity index (χ4v) is 0. The summed E-state index contributed by atoms with van der Waals surface area (Å²) in [5, 5.41) is 19.9. The molecule has 0 aromatic rings. The normalized spacial score (nSPS) is 6.38. The first kappa shape index (κ1) is 10.2. The third-order valence-corrected chi connectivity index (χ3v) is 0.365. The Bertz CT molecular complexity index is 74.0. The summed E-state index contributed by atoms with van der Waals surface area (Å²) in [5.74, 6) is -0.935. The summed E-state index contributed by atoms with van der Waals surface area (Å²) in [6.45, 7) is 4.60. The lowest BCUT2D eigenvalue weighted by molar-refractivity contribution is -0.176. The lowest BCUT2D eigenvalue weighted by Crippen LogP contribution is -1.92. The Kier molecular flexibility index (Phi) is 7.80. The van der Waals surface area contributed by atoms with Gasteiger partial charge in [-0.1, -0.05) is 6.58 Å². The van der Waals surface area contributed by atoms with Crippen LogP contribution in [-0.2, 0) is 4.79 Å². The molecule has 8 heavy (non-hydrogen) atoms. The molecular formula is C4H8O4. The van der Waals surface area contributed by atoms with Crippen LogP contribution in [0.3, 0.4) is 0 Å². The zero-order valence-electron chi connectivity index (χ0n) is 4.46. The molecule has 0 aliphatic carbocycles. The van der Waals surface area contributed by atoms with Crippen molar-refractivity contribution in [2.24, 2.45) is 0 Å². The summed E-state index contributed by atoms with van der Waals surface area (Å²) in [6, 6.07) is 0. The van der Waals surface area contributed by atoms with Crippen LogP contribution in [0.15, 0.2) is 12.2 Å². The van der Waals surface area contributed by atoms with Crippen LogP contribution in [0, 0.1) is 0 Å². The predicted octanol–water partition coefficient (Wildman–Crippen LogP) is 0.664. The molecule has 0 aromatic heterocycles. The standard InChI is InChI=1S/C4H6O2.H2O2/c1-3(2)4(5)6;1-2/h1H2,2H3,(H,5,6);1-2H. The van der Waals surface area contributed by atoms with Crippen molar-refractivity contribution in [1.82, 2.24) is 0 Å². The van der Waals surface area contributed by atoms with Crippen LogP contribution < -0.4 is 0 Å². The molecule has 0 unspecified atom stereocenters. The molecule has 0 amide bonds. The van der Waals surface area contributed by atoms with E-state index in [0.29, 0.717) is 0 Å². The monoisotopic (exact) mass is 120 g/mol. The molecular weight excluding hydrogens is 112 g/mol. The Morgan fingerprint density at radius 2 is 1.62 bits per heavy atom. The number of hydrogen-bond donors (Lipinski definition) is 3. The van der Waals surface area contributed by atoms with Gasteiger partial charge in [0.15, 0.2) is 0 Å². The molecule has 0 heterocycles. The minimum absolute atomic E-state index is 0.176. The van der Waals surface area contributed by atoms with Gasteiger partial charge in [0.1, 0.15) is 0 Å². The van der Waals surface area contributed by atoms with E-state index >= 15 is 0 Å². The van der Waals surface area contributed by atoms with Gasteiger partial charge in [-0.2, -0.15) is 0 Å². The molecule has 48 valence electrons. The quantitative estimate of drug-likeness (QED) is 0.270. The van der Waals surface area contributed by atoms with Crippen molar-refractivity contribution in [2.75, 3.05) is 0 Å². The number of carboxylic acid groups (broad SMARTS) is 1. The van der Waals surface area contributed by atoms with E-state index in [0.717, 1.165) is 0 Å². The van der Waals surface area contributed by atoms with Crippen LogP contribution in [0.4, 0.5) is 0 Å². The molecule has 0 aromatic carbocycles. The van der Waals surface area contributed by atoms with Crippen LogP contribution in [0.25, 0.3) is 0 Å². The summed E-state index contributed by atoms with van der Waals surface area (Å²) in [6.07, 6.45) is 0. The first-order valence-electron chi connectivity index (χ1n) is 1.73. The van der Waals surface area contributed by atoms with E-state index in [4.69, 9.17) is 15.6 Å². The zero-order valence-corrected chi connectivity index (χ0v) is 4.46. The van der Waals surface area contributed by atoms with Crippen molar-refractivity contribution in [3.63, 3.8) is 0 Å². The van der Waals surface area contributed by atoms with E-state index in [9.17, 15) is 4.79 Å². The molecule has 0 bridgehead atoms. The maximum absolute atomic E-state index is 9.60. The lowest BCUT2D eigenvalue weighted by Gasteiger charge is -1.79. The Hall–Kier alpha value is -0.870. The Morgan fingerprint density at radius 3 is 1.62 bits per heavy atom. The summed E-state index contributed by atoms with van der Waals surface area (Å²) in [4.78, 5) is 9.60. The van der Waals surface area contributed by atoms with Crippen molar-refractivity contribution in [3.8, 4) is 0 Å². The maximum Gasteiger partial charge on any atom is 0.330 e. The van der Waals surface area contributed by atoms with Gasteiger partial charge >= 0.3 is 5.97 Å². The first-order chi connectivity index (χ1) is 3.64. The molecule has 0 rings (SSSR count). The number of carbonyl (C=O) groups is 1. The highest BCUT2D eigenvalue weighted by Gasteiger charge is 1.90. The van der Waals surface area contributed by atoms with Gasteiger partial charge in [0.2, 0.25) is 0 Å². The fourth-order valence-electron chi connectivity index (χ4n) is 0. The Balaban J connectivity index is 0. The smallest absolute Gasteiger partial charge is 0.330 e. The van der Waals surface area contributed by atoms with Gasteiger partial charge in [-0.25, -0.2) is 4.79 Å². The topological polar surface area (TPSA) is 77.8 Å². The minimum atomic E-state index is -0.935. The van der Waals surface area contributed by atoms with E-state index in [-0.39, 0.29) is 5.57 Å². The fraction of sp³-hybridized carbons (Fsp3) is 0.250. The highest BCUT2D eigenvalue weighted by atomic mass is 17.0. The molecule has 4 nitrogen and oxygen atoms in total. The second-order valence-electron chi connectivity index (χ2n) is 1.09. The molecule has 0 saturated carbocycles. The van der Waals surface area contributed by atoms with Gasteiger partial charge in [0.25, 0.3) is 0 Å². The third-order valence-electron chi connectivity index (χ3n) is 0.365. The average molecular weight is 120 g/mol. The second-order valence-corrected chi connectivity index (χ2v) is 1.09. The van der Waals surface area contributed by atoms with Crippen molar-refractivity contribution in [1.29, 1.82) is 0 Å². The highest BCUT2D eigenvalue weighted by Crippen LogP contribution is 1.81. The van der Waals surface area contributed by atoms with Crippen LogP contribution in [0.5, 0.6) is 0 Å². The van der Waals surface area contributed by atoms with Gasteiger partial charge in [-0.3, -0.25) is 10.5 Å². The first-order valence-corrected chi connectivity index (χ1v) is 1.73. The van der Waals surface area contributed by atoms with E-state index in [1.165, 1.54) is 6.92 Å². The molecule has 0 atom stereocenters. The minimum Gasteiger partial charge on any atom is -0.478 e. The second kappa shape index (κ2) is 6.13. The predicted molar refractivity (Wildman–Crippen MR) is 27.7 cm³/mol. The van der Waals surface area contributed by atoms with Crippen molar-refractivity contribution in [3.05, 3.63) is 12.2 Å². The summed E-state index contributed by atoms with van der Waals surface area (Å²) < 4.78 is 0. The molecule has 0 radical (unpaired) electrons. The van der Waals surface area contributed by atoms with E-state index in [1.807, 2.05) is 0 Å². The Morgan fingerprint density at radius 1 is 1.50 bits per heavy atom. The van der Waals surface area contributed by atoms with Crippen molar-refractivity contribution < 1.29 is 20.4 Å². The zero-order chi connectivity index (χ0) is 7.15. The van der Waals surface area contributed by atoms with Crippen LogP contribution in [0.1, 0.15) is 6.92 Å². The van der Waals surface area contributed by atoms with Crippen LogP contribution in [-0.4, -0.2) is 21.6 Å². The average Bonchev–Trinajstić information content (AvgIpc) is 1.72. The number of hydrogen-bond acceptors (Lipinski definition) is 3. The third kappa shape index (κ3) is 8.93. The summed E-state index contributed by atoms with van der Waals surface area (Å²) >= 11 is 0. The van der Waals surface area contributed by atoms with Gasteiger partial charge in [-0.05, 0) is 6.92 Å². The number of carboxylic acids is 1. The maximum atomic E-state index is 9.60. The number of rotatable bonds is 1. The Labute approximate surface area is 46.6 Å². The van der Waals surface area contributed by atoms with E-state index in [2.05, 4.69) is 6.58 Å². The van der Waals surface area contributed by atoms with Crippen molar-refractivity contribution in [2.45, 2.75) is 6.92 Å². The molecule has 4 heteroatoms. The van der Waals surface area contributed by atoms with Gasteiger partial charge in [0.05, 0.1) is 0 Å². The molecule has 3 N–H and O–H groups in total. The molecule has 0 spiro atoms. The molecule has 0 aliphatic heterocycles. The molecule has 0 fully saturated rings. The molecule has 0 aliphatic rings. The summed E-state index contributed by atoms with van der Waals surface area (Å²) in [7, 11) is 0. The SMILES string of the molecule is C=C(C)C(=O)O.OO. The van der Waals surface area contributed by atoms with E-state index < -0.39 is 5.97 Å². The van der Waals surface area contributed by atoms with Crippen LogP contribution in [0.2, 0.25) is 0 Å². The summed E-state index contributed by atoms with van der Waals surface area (Å²) in [5.41, 5.74) is 0.176. The largest absolute Gasteiger partial charge is 0.478 e. The number of aliphatic carboxylic acids is 1. The van der Waals surface area contributed by atoms with Gasteiger partial charge in [-0.15, -0.1) is 0 Å². The van der Waals surface area contributed by atoms with Gasteiger partial charge in [0, 0.05) is 5.57 Å². The van der Waals surface area contributed by atoms with E-state index in [1.54, 1.807) is 0 Å². The highest BCUT2D eigenvalue weighted by molar-refractivity contribution is 5.84. The van der Waals surface area contributed by atoms with Gasteiger partial charge < -0.3 is 5.11 Å². The molecule has 0 saturated heterocycles.